The van der Waals surface area contributed by atoms with Crippen LogP contribution in [0.3, 0.4) is 0 Å². The molecule has 6 heteroatoms. The summed E-state index contributed by atoms with van der Waals surface area (Å²) >= 11 is 0. The number of rotatable bonds is 5. The molecule has 2 rings (SSSR count). The topological polar surface area (TPSA) is 64.6 Å². The summed E-state index contributed by atoms with van der Waals surface area (Å²) in [5.41, 5.74) is 0.598. The van der Waals surface area contributed by atoms with Gasteiger partial charge in [0.25, 0.3) is 0 Å². The van der Waals surface area contributed by atoms with E-state index in [1.807, 2.05) is 0 Å². The average Bonchev–Trinajstić information content (AvgIpc) is 2.48. The van der Waals surface area contributed by atoms with E-state index >= 15 is 0 Å². The second kappa shape index (κ2) is 7.40. The number of benzene rings is 2. The third-order valence-corrected chi connectivity index (χ3v) is 2.83. The summed E-state index contributed by atoms with van der Waals surface area (Å²) in [5.74, 6) is -0.681. The van der Waals surface area contributed by atoms with Gasteiger partial charge in [-0.3, -0.25) is 4.79 Å². The molecule has 2 aromatic carbocycles. The highest BCUT2D eigenvalue weighted by atomic mass is 19.1. The zero-order chi connectivity index (χ0) is 16.8. The second-order valence-corrected chi connectivity index (χ2v) is 4.84. The Hall–Kier alpha value is -2.89. The van der Waals surface area contributed by atoms with Gasteiger partial charge in [-0.25, -0.2) is 9.18 Å². The largest absolute Gasteiger partial charge is 0.479 e. The van der Waals surface area contributed by atoms with Crippen LogP contribution in [-0.2, 0) is 9.59 Å². The van der Waals surface area contributed by atoms with E-state index in [0.29, 0.717) is 11.4 Å². The maximum atomic E-state index is 13.1. The number of esters is 1. The van der Waals surface area contributed by atoms with Crippen molar-refractivity contribution in [3.05, 3.63) is 54.3 Å². The van der Waals surface area contributed by atoms with E-state index in [0.717, 1.165) is 0 Å². The molecular formula is C17H16FNO4. The lowest BCUT2D eigenvalue weighted by Crippen LogP contribution is -2.28. The highest BCUT2D eigenvalue weighted by molar-refractivity contribution is 5.88. The Bertz CT molecular complexity index is 700. The van der Waals surface area contributed by atoms with Crippen LogP contribution in [0.5, 0.6) is 11.5 Å². The normalized spacial score (nSPS) is 11.4. The molecule has 0 saturated carbocycles. The van der Waals surface area contributed by atoms with Crippen LogP contribution in [0.15, 0.2) is 48.5 Å². The van der Waals surface area contributed by atoms with Crippen molar-refractivity contribution in [2.45, 2.75) is 20.0 Å². The smallest absolute Gasteiger partial charge is 0.352 e. The fraction of sp³-hybridized carbons (Fsp3) is 0.176. The van der Waals surface area contributed by atoms with Gasteiger partial charge in [-0.1, -0.05) is 6.07 Å². The molecule has 1 atom stereocenters. The number of ether oxygens (including phenoxy) is 2. The maximum absolute atomic E-state index is 13.1. The minimum Gasteiger partial charge on any atom is -0.479 e. The Labute approximate surface area is 133 Å². The molecule has 1 unspecified atom stereocenters. The van der Waals surface area contributed by atoms with E-state index in [9.17, 15) is 14.0 Å². The number of carbonyl (C=O) groups excluding carboxylic acids is 2. The van der Waals surface area contributed by atoms with Crippen molar-refractivity contribution >= 4 is 17.6 Å². The monoisotopic (exact) mass is 317 g/mol. The molecule has 1 N–H and O–H groups in total. The average molecular weight is 317 g/mol. The summed E-state index contributed by atoms with van der Waals surface area (Å²) in [6.07, 6.45) is -0.896. The fourth-order valence-corrected chi connectivity index (χ4v) is 1.80. The SMILES string of the molecule is CC(=O)Nc1ccc(OC(=O)C(C)Oc2cccc(F)c2)cc1. The number of amides is 1. The third-order valence-electron chi connectivity index (χ3n) is 2.83. The van der Waals surface area contributed by atoms with Gasteiger partial charge in [0.05, 0.1) is 0 Å². The first kappa shape index (κ1) is 16.5. The number of anilines is 1. The van der Waals surface area contributed by atoms with Gasteiger partial charge in [0.1, 0.15) is 17.3 Å². The zero-order valence-electron chi connectivity index (χ0n) is 12.7. The van der Waals surface area contributed by atoms with Crippen LogP contribution in [0, 0.1) is 5.82 Å². The predicted octanol–water partition coefficient (Wildman–Crippen LogP) is 3.16. The van der Waals surface area contributed by atoms with Crippen LogP contribution in [-0.4, -0.2) is 18.0 Å². The van der Waals surface area contributed by atoms with Crippen molar-refractivity contribution in [1.29, 1.82) is 0 Å². The molecule has 2 aromatic rings. The number of halogens is 1. The standard InChI is InChI=1S/C17H16FNO4/c1-11(22-16-5-3-4-13(18)10-16)17(21)23-15-8-6-14(7-9-15)19-12(2)20/h3-11H,1-2H3,(H,19,20). The lowest BCUT2D eigenvalue weighted by Gasteiger charge is -2.14. The number of hydrogen-bond acceptors (Lipinski definition) is 4. The van der Waals surface area contributed by atoms with Crippen molar-refractivity contribution in [2.75, 3.05) is 5.32 Å². The van der Waals surface area contributed by atoms with Gasteiger partial charge in [-0.05, 0) is 43.3 Å². The molecule has 0 aromatic heterocycles. The van der Waals surface area contributed by atoms with Crippen molar-refractivity contribution in [2.24, 2.45) is 0 Å². The van der Waals surface area contributed by atoms with E-state index in [4.69, 9.17) is 9.47 Å². The Balaban J connectivity index is 1.94. The van der Waals surface area contributed by atoms with Gasteiger partial charge in [-0.15, -0.1) is 0 Å². The van der Waals surface area contributed by atoms with Crippen LogP contribution >= 0.6 is 0 Å². The Morgan fingerprint density at radius 2 is 1.78 bits per heavy atom. The molecule has 0 fully saturated rings. The van der Waals surface area contributed by atoms with Gasteiger partial charge >= 0.3 is 5.97 Å². The van der Waals surface area contributed by atoms with Crippen LogP contribution in [0.1, 0.15) is 13.8 Å². The predicted molar refractivity (Wildman–Crippen MR) is 82.9 cm³/mol. The van der Waals surface area contributed by atoms with Gasteiger partial charge < -0.3 is 14.8 Å². The zero-order valence-corrected chi connectivity index (χ0v) is 12.7. The number of nitrogens with one attached hydrogen (secondary N) is 1. The summed E-state index contributed by atoms with van der Waals surface area (Å²) in [4.78, 5) is 22.9. The van der Waals surface area contributed by atoms with Gasteiger partial charge in [-0.2, -0.15) is 0 Å². The molecule has 0 aliphatic rings. The minimum atomic E-state index is -0.896. The molecule has 120 valence electrons. The summed E-state index contributed by atoms with van der Waals surface area (Å²) < 4.78 is 23.6. The van der Waals surface area contributed by atoms with Crippen molar-refractivity contribution in [3.63, 3.8) is 0 Å². The molecule has 23 heavy (non-hydrogen) atoms. The minimum absolute atomic E-state index is 0.188. The van der Waals surface area contributed by atoms with E-state index in [2.05, 4.69) is 5.32 Å². The lowest BCUT2D eigenvalue weighted by molar-refractivity contribution is -0.141. The van der Waals surface area contributed by atoms with Crippen molar-refractivity contribution in [1.82, 2.24) is 0 Å². The molecule has 0 radical (unpaired) electrons. The quantitative estimate of drug-likeness (QED) is 0.679. The van der Waals surface area contributed by atoms with Gasteiger partial charge in [0, 0.05) is 18.7 Å². The second-order valence-electron chi connectivity index (χ2n) is 4.84. The van der Waals surface area contributed by atoms with Gasteiger partial charge in [0.2, 0.25) is 5.91 Å². The Morgan fingerprint density at radius 3 is 2.39 bits per heavy atom. The maximum Gasteiger partial charge on any atom is 0.352 e. The molecule has 5 nitrogen and oxygen atoms in total. The van der Waals surface area contributed by atoms with Crippen molar-refractivity contribution in [3.8, 4) is 11.5 Å². The molecule has 0 bridgehead atoms. The summed E-state index contributed by atoms with van der Waals surface area (Å²) in [5, 5.41) is 2.61. The molecule has 0 heterocycles. The highest BCUT2D eigenvalue weighted by Crippen LogP contribution is 2.18. The molecule has 0 aliphatic heterocycles. The van der Waals surface area contributed by atoms with Crippen molar-refractivity contribution < 1.29 is 23.5 Å². The van der Waals surface area contributed by atoms with Gasteiger partial charge in [0.15, 0.2) is 6.10 Å². The van der Waals surface area contributed by atoms with E-state index in [1.54, 1.807) is 30.3 Å². The molecule has 0 aliphatic carbocycles. The lowest BCUT2D eigenvalue weighted by atomic mass is 10.3. The van der Waals surface area contributed by atoms with E-state index < -0.39 is 17.9 Å². The summed E-state index contributed by atoms with van der Waals surface area (Å²) in [6, 6.07) is 11.8. The number of carbonyl (C=O) groups is 2. The van der Waals surface area contributed by atoms with E-state index in [-0.39, 0.29) is 11.7 Å². The number of hydrogen-bond donors (Lipinski definition) is 1. The van der Waals surface area contributed by atoms with E-state index in [1.165, 1.54) is 32.0 Å². The van der Waals surface area contributed by atoms with Crippen LogP contribution in [0.2, 0.25) is 0 Å². The Kier molecular flexibility index (Phi) is 5.30. The fourth-order valence-electron chi connectivity index (χ4n) is 1.80. The molecule has 1 amide bonds. The highest BCUT2D eigenvalue weighted by Gasteiger charge is 2.17. The molecular weight excluding hydrogens is 301 g/mol. The first-order valence-corrected chi connectivity index (χ1v) is 6.95. The van der Waals surface area contributed by atoms with Crippen LogP contribution in [0.4, 0.5) is 10.1 Å². The summed E-state index contributed by atoms with van der Waals surface area (Å²) in [7, 11) is 0. The molecule has 0 spiro atoms. The molecule has 0 saturated heterocycles. The summed E-state index contributed by atoms with van der Waals surface area (Å²) in [6.45, 7) is 2.91. The van der Waals surface area contributed by atoms with Crippen LogP contribution in [0.25, 0.3) is 0 Å². The Morgan fingerprint density at radius 1 is 1.09 bits per heavy atom. The third kappa shape index (κ3) is 5.10. The van der Waals surface area contributed by atoms with Crippen LogP contribution < -0.4 is 14.8 Å². The first-order chi connectivity index (χ1) is 10.9. The first-order valence-electron chi connectivity index (χ1n) is 6.95.